The van der Waals surface area contributed by atoms with E-state index in [9.17, 15) is 27.9 Å². The molecule has 1 saturated heterocycles. The largest absolute Gasteiger partial charge is 0.573 e. The van der Waals surface area contributed by atoms with Gasteiger partial charge in [-0.1, -0.05) is 0 Å². The molecule has 1 fully saturated rings. The molecule has 7 nitrogen and oxygen atoms in total. The number of aliphatic hydroxyl groups is 1. The van der Waals surface area contributed by atoms with Crippen LogP contribution in [0.3, 0.4) is 0 Å². The molecule has 23 heavy (non-hydrogen) atoms. The van der Waals surface area contributed by atoms with E-state index in [0.29, 0.717) is 0 Å². The van der Waals surface area contributed by atoms with Gasteiger partial charge in [0.25, 0.3) is 11.8 Å². The molecule has 0 aromatic heterocycles. The molecule has 0 aliphatic carbocycles. The molecule has 2 amide bonds. The summed E-state index contributed by atoms with van der Waals surface area (Å²) in [5, 5.41) is 18.4. The molecular weight excluding hydrogens is 321 g/mol. The molecule has 1 aromatic carbocycles. The third kappa shape index (κ3) is 3.90. The Morgan fingerprint density at radius 3 is 2.39 bits per heavy atom. The number of aliphatic hydroxyl groups excluding tert-OH is 1. The Labute approximate surface area is 128 Å². The van der Waals surface area contributed by atoms with Gasteiger partial charge in [-0.3, -0.25) is 14.8 Å². The first-order chi connectivity index (χ1) is 10.7. The van der Waals surface area contributed by atoms with Crippen molar-refractivity contribution >= 4 is 11.8 Å². The van der Waals surface area contributed by atoms with E-state index in [2.05, 4.69) is 4.74 Å². The molecule has 10 heteroatoms. The van der Waals surface area contributed by atoms with Crippen molar-refractivity contribution in [3.8, 4) is 5.75 Å². The van der Waals surface area contributed by atoms with E-state index in [4.69, 9.17) is 5.21 Å². The van der Waals surface area contributed by atoms with Gasteiger partial charge in [-0.15, -0.1) is 13.2 Å². The number of rotatable bonds is 3. The SMILES string of the molecule is O=C(NO)[C@H]1[C@H](O)CCN1C(=O)c1ccc(OC(F)(F)F)cc1. The van der Waals surface area contributed by atoms with Gasteiger partial charge in [0, 0.05) is 12.1 Å². The lowest BCUT2D eigenvalue weighted by atomic mass is 10.1. The Kier molecular flexibility index (Phi) is 4.76. The molecule has 0 spiro atoms. The van der Waals surface area contributed by atoms with Crippen LogP contribution >= 0.6 is 0 Å². The monoisotopic (exact) mass is 334 g/mol. The molecule has 126 valence electrons. The zero-order valence-electron chi connectivity index (χ0n) is 11.6. The van der Waals surface area contributed by atoms with Crippen LogP contribution in [0.2, 0.25) is 0 Å². The first-order valence-corrected chi connectivity index (χ1v) is 6.51. The first-order valence-electron chi connectivity index (χ1n) is 6.51. The van der Waals surface area contributed by atoms with E-state index in [1.165, 1.54) is 5.48 Å². The summed E-state index contributed by atoms with van der Waals surface area (Å²) >= 11 is 0. The maximum Gasteiger partial charge on any atom is 0.573 e. The van der Waals surface area contributed by atoms with Crippen LogP contribution in [-0.4, -0.2) is 52.1 Å². The number of benzene rings is 1. The lowest BCUT2D eigenvalue weighted by molar-refractivity contribution is -0.274. The molecule has 1 heterocycles. The van der Waals surface area contributed by atoms with Crippen LogP contribution in [0.5, 0.6) is 5.75 Å². The maximum atomic E-state index is 12.3. The number of nitrogens with zero attached hydrogens (tertiary/aromatic N) is 1. The summed E-state index contributed by atoms with van der Waals surface area (Å²) in [6.45, 7) is 0.0683. The standard InChI is InChI=1S/C13H13F3N2O5/c14-13(15,16)23-8-3-1-7(2-4-8)12(21)18-6-5-9(19)10(18)11(20)17-22/h1-4,9-10,19,22H,5-6H2,(H,17,20)/t9-,10-/m1/s1. The fourth-order valence-corrected chi connectivity index (χ4v) is 2.35. The topological polar surface area (TPSA) is 99.1 Å². The molecule has 1 aromatic rings. The zero-order valence-corrected chi connectivity index (χ0v) is 11.6. The number of hydroxylamine groups is 1. The van der Waals surface area contributed by atoms with Gasteiger partial charge in [0.05, 0.1) is 6.10 Å². The minimum Gasteiger partial charge on any atom is -0.406 e. The van der Waals surface area contributed by atoms with Crippen molar-refractivity contribution in [3.05, 3.63) is 29.8 Å². The van der Waals surface area contributed by atoms with Crippen LogP contribution in [0.4, 0.5) is 13.2 Å². The van der Waals surface area contributed by atoms with Crippen molar-refractivity contribution in [1.29, 1.82) is 0 Å². The highest BCUT2D eigenvalue weighted by Gasteiger charge is 2.41. The minimum atomic E-state index is -4.84. The van der Waals surface area contributed by atoms with Crippen molar-refractivity contribution in [2.75, 3.05) is 6.54 Å². The number of amides is 2. The summed E-state index contributed by atoms with van der Waals surface area (Å²) in [4.78, 5) is 24.9. The van der Waals surface area contributed by atoms with E-state index < -0.39 is 36.1 Å². The van der Waals surface area contributed by atoms with Crippen molar-refractivity contribution in [3.63, 3.8) is 0 Å². The smallest absolute Gasteiger partial charge is 0.406 e. The fraction of sp³-hybridized carbons (Fsp3) is 0.385. The highest BCUT2D eigenvalue weighted by molar-refractivity contribution is 5.98. The molecule has 0 unspecified atom stereocenters. The second kappa shape index (κ2) is 6.42. The van der Waals surface area contributed by atoms with Crippen molar-refractivity contribution < 1.29 is 37.8 Å². The first kappa shape index (κ1) is 17.0. The molecule has 1 aliphatic heterocycles. The van der Waals surface area contributed by atoms with E-state index >= 15 is 0 Å². The third-order valence-electron chi connectivity index (χ3n) is 3.34. The van der Waals surface area contributed by atoms with Crippen LogP contribution in [0.25, 0.3) is 0 Å². The number of carbonyl (C=O) groups is 2. The van der Waals surface area contributed by atoms with Crippen molar-refractivity contribution in [2.45, 2.75) is 24.9 Å². The van der Waals surface area contributed by atoms with E-state index in [-0.39, 0.29) is 18.5 Å². The van der Waals surface area contributed by atoms with E-state index in [1.807, 2.05) is 0 Å². The van der Waals surface area contributed by atoms with E-state index in [1.54, 1.807) is 0 Å². The van der Waals surface area contributed by atoms with Crippen LogP contribution in [0.15, 0.2) is 24.3 Å². The Bertz CT molecular complexity index is 590. The van der Waals surface area contributed by atoms with Gasteiger partial charge in [0.2, 0.25) is 0 Å². The molecule has 1 aliphatic rings. The lowest BCUT2D eigenvalue weighted by Crippen LogP contribution is -2.49. The quantitative estimate of drug-likeness (QED) is 0.557. The van der Waals surface area contributed by atoms with Crippen LogP contribution in [-0.2, 0) is 4.79 Å². The predicted octanol–water partition coefficient (Wildman–Crippen LogP) is 0.666. The highest BCUT2D eigenvalue weighted by atomic mass is 19.4. The molecule has 0 bridgehead atoms. The normalized spacial score (nSPS) is 21.2. The highest BCUT2D eigenvalue weighted by Crippen LogP contribution is 2.25. The number of carbonyl (C=O) groups excluding carboxylic acids is 2. The van der Waals surface area contributed by atoms with Gasteiger partial charge >= 0.3 is 6.36 Å². The van der Waals surface area contributed by atoms with Crippen LogP contribution in [0, 0.1) is 0 Å². The van der Waals surface area contributed by atoms with Gasteiger partial charge in [0.1, 0.15) is 11.8 Å². The van der Waals surface area contributed by atoms with Gasteiger partial charge in [0.15, 0.2) is 0 Å². The van der Waals surface area contributed by atoms with Gasteiger partial charge in [-0.05, 0) is 30.7 Å². The molecule has 3 N–H and O–H groups in total. The number of ether oxygens (including phenoxy) is 1. The second-order valence-electron chi connectivity index (χ2n) is 4.85. The Morgan fingerprint density at radius 1 is 1.26 bits per heavy atom. The molecule has 0 radical (unpaired) electrons. The zero-order chi connectivity index (χ0) is 17.2. The number of likely N-dealkylation sites (tertiary alicyclic amines) is 1. The van der Waals surface area contributed by atoms with Crippen LogP contribution in [0.1, 0.15) is 16.8 Å². The maximum absolute atomic E-state index is 12.3. The average molecular weight is 334 g/mol. The summed E-state index contributed by atoms with van der Waals surface area (Å²) in [7, 11) is 0. The Hall–Kier alpha value is -2.33. The van der Waals surface area contributed by atoms with Crippen molar-refractivity contribution in [2.24, 2.45) is 0 Å². The average Bonchev–Trinajstić information content (AvgIpc) is 2.86. The summed E-state index contributed by atoms with van der Waals surface area (Å²) < 4.78 is 39.9. The van der Waals surface area contributed by atoms with Crippen LogP contribution < -0.4 is 10.2 Å². The number of nitrogens with one attached hydrogen (secondary N) is 1. The summed E-state index contributed by atoms with van der Waals surface area (Å²) in [5.41, 5.74) is 1.39. The minimum absolute atomic E-state index is 0.0179. The molecule has 2 atom stereocenters. The number of hydrogen-bond acceptors (Lipinski definition) is 5. The molecule has 2 rings (SSSR count). The van der Waals surface area contributed by atoms with Gasteiger partial charge in [-0.2, -0.15) is 0 Å². The Morgan fingerprint density at radius 2 is 1.87 bits per heavy atom. The lowest BCUT2D eigenvalue weighted by Gasteiger charge is -2.24. The number of hydrogen-bond donors (Lipinski definition) is 3. The van der Waals surface area contributed by atoms with Gasteiger partial charge < -0.3 is 14.7 Å². The Balaban J connectivity index is 2.15. The van der Waals surface area contributed by atoms with Gasteiger partial charge in [-0.25, -0.2) is 5.48 Å². The number of halogens is 3. The van der Waals surface area contributed by atoms with Crippen molar-refractivity contribution in [1.82, 2.24) is 10.4 Å². The molecular formula is C13H13F3N2O5. The molecule has 0 saturated carbocycles. The second-order valence-corrected chi connectivity index (χ2v) is 4.85. The summed E-state index contributed by atoms with van der Waals surface area (Å²) in [6.07, 6.45) is -5.84. The third-order valence-corrected chi connectivity index (χ3v) is 3.34. The fourth-order valence-electron chi connectivity index (χ4n) is 2.35. The van der Waals surface area contributed by atoms with E-state index in [0.717, 1.165) is 29.2 Å². The number of alkyl halides is 3. The summed E-state index contributed by atoms with van der Waals surface area (Å²) in [5.74, 6) is -2.09. The predicted molar refractivity (Wildman–Crippen MR) is 68.5 cm³/mol. The summed E-state index contributed by atoms with van der Waals surface area (Å²) in [6, 6.07) is 2.89.